The molecule has 0 spiro atoms. The van der Waals surface area contributed by atoms with Crippen molar-refractivity contribution in [1.29, 1.82) is 5.26 Å². The molecule has 1 aromatic rings. The zero-order chi connectivity index (χ0) is 13.5. The van der Waals surface area contributed by atoms with Gasteiger partial charge in [-0.2, -0.15) is 5.26 Å². The summed E-state index contributed by atoms with van der Waals surface area (Å²) in [5.41, 5.74) is 6.08. The molecule has 0 bridgehead atoms. The Kier molecular flexibility index (Phi) is 5.66. The number of aromatic nitrogens is 2. The van der Waals surface area contributed by atoms with Crippen molar-refractivity contribution in [1.82, 2.24) is 9.55 Å². The number of unbranched alkanes of at least 4 members (excludes halogenated alkanes) is 3. The Morgan fingerprint density at radius 3 is 2.72 bits per heavy atom. The number of nitrogens with zero attached hydrogens (tertiary/aromatic N) is 3. The number of aliphatic hydroxyl groups excluding tert-OH is 1. The molecule has 0 aliphatic rings. The van der Waals surface area contributed by atoms with Crippen molar-refractivity contribution in [3.05, 3.63) is 12.0 Å². The van der Waals surface area contributed by atoms with Gasteiger partial charge in [-0.15, -0.1) is 0 Å². The minimum atomic E-state index is -0.505. The molecule has 3 N–H and O–H groups in total. The molecular formula is C13H22N4O. The first kappa shape index (κ1) is 14.5. The van der Waals surface area contributed by atoms with Gasteiger partial charge in [0.25, 0.3) is 0 Å². The van der Waals surface area contributed by atoms with Gasteiger partial charge in [-0.25, -0.2) is 4.98 Å². The van der Waals surface area contributed by atoms with Gasteiger partial charge in [0.15, 0.2) is 5.69 Å². The standard InChI is InChI=1S/C13H22N4O/c1-3-4-5-6-7-12(10(2)18)17-9-16-11(8-14)13(17)15/h9-10,12,18H,3-7,15H2,1-2H3. The Morgan fingerprint density at radius 2 is 2.22 bits per heavy atom. The molecule has 0 aliphatic carbocycles. The van der Waals surface area contributed by atoms with Gasteiger partial charge in [-0.3, -0.25) is 0 Å². The van der Waals surface area contributed by atoms with E-state index in [1.807, 2.05) is 6.07 Å². The number of nitrogens with two attached hydrogens (primary N) is 1. The summed E-state index contributed by atoms with van der Waals surface area (Å²) in [5.74, 6) is 0.346. The van der Waals surface area contributed by atoms with E-state index in [1.165, 1.54) is 12.8 Å². The summed E-state index contributed by atoms with van der Waals surface area (Å²) in [7, 11) is 0. The van der Waals surface area contributed by atoms with Crippen LogP contribution in [0.3, 0.4) is 0 Å². The van der Waals surface area contributed by atoms with Crippen LogP contribution in [-0.4, -0.2) is 20.8 Å². The molecule has 2 atom stereocenters. The highest BCUT2D eigenvalue weighted by molar-refractivity contribution is 5.44. The number of aliphatic hydroxyl groups is 1. The summed E-state index contributed by atoms with van der Waals surface area (Å²) in [4.78, 5) is 3.95. The van der Waals surface area contributed by atoms with Crippen LogP contribution in [0.25, 0.3) is 0 Å². The molecule has 2 unspecified atom stereocenters. The first-order valence-electron chi connectivity index (χ1n) is 6.52. The monoisotopic (exact) mass is 250 g/mol. The topological polar surface area (TPSA) is 87.9 Å². The van der Waals surface area contributed by atoms with Gasteiger partial charge in [-0.1, -0.05) is 32.6 Å². The van der Waals surface area contributed by atoms with Crippen LogP contribution in [0.15, 0.2) is 6.33 Å². The van der Waals surface area contributed by atoms with Crippen molar-refractivity contribution in [3.63, 3.8) is 0 Å². The van der Waals surface area contributed by atoms with E-state index in [9.17, 15) is 5.11 Å². The molecule has 100 valence electrons. The molecule has 0 saturated carbocycles. The molecule has 1 rings (SSSR count). The molecule has 0 saturated heterocycles. The average Bonchev–Trinajstić information content (AvgIpc) is 2.70. The Bertz CT molecular complexity index is 406. The fourth-order valence-electron chi connectivity index (χ4n) is 2.11. The lowest BCUT2D eigenvalue weighted by molar-refractivity contribution is 0.124. The summed E-state index contributed by atoms with van der Waals surface area (Å²) in [6, 6.07) is 1.85. The smallest absolute Gasteiger partial charge is 0.182 e. The zero-order valence-electron chi connectivity index (χ0n) is 11.1. The summed E-state index contributed by atoms with van der Waals surface area (Å²) in [6.07, 6.45) is 6.48. The number of imidazole rings is 1. The second kappa shape index (κ2) is 7.02. The van der Waals surface area contributed by atoms with E-state index in [0.717, 1.165) is 19.3 Å². The molecule has 1 aromatic heterocycles. The van der Waals surface area contributed by atoms with Gasteiger partial charge in [0.1, 0.15) is 11.9 Å². The predicted molar refractivity (Wildman–Crippen MR) is 70.8 cm³/mol. The first-order valence-corrected chi connectivity index (χ1v) is 6.52. The van der Waals surface area contributed by atoms with Crippen LogP contribution in [0.1, 0.15) is 57.7 Å². The molecule has 5 heteroatoms. The minimum absolute atomic E-state index is 0.101. The highest BCUT2D eigenvalue weighted by atomic mass is 16.3. The highest BCUT2D eigenvalue weighted by Crippen LogP contribution is 2.24. The Hall–Kier alpha value is -1.54. The maximum absolute atomic E-state index is 9.84. The van der Waals surface area contributed by atoms with Crippen molar-refractivity contribution in [3.8, 4) is 6.07 Å². The zero-order valence-corrected chi connectivity index (χ0v) is 11.1. The summed E-state index contributed by atoms with van der Waals surface area (Å²) in [5, 5.41) is 18.7. The van der Waals surface area contributed by atoms with E-state index in [-0.39, 0.29) is 11.7 Å². The molecular weight excluding hydrogens is 228 g/mol. The lowest BCUT2D eigenvalue weighted by Gasteiger charge is -2.22. The first-order chi connectivity index (χ1) is 8.61. The van der Waals surface area contributed by atoms with Crippen molar-refractivity contribution in [2.75, 3.05) is 5.73 Å². The molecule has 1 heterocycles. The van der Waals surface area contributed by atoms with Crippen molar-refractivity contribution in [2.24, 2.45) is 0 Å². The minimum Gasteiger partial charge on any atom is -0.391 e. The van der Waals surface area contributed by atoms with Gasteiger partial charge < -0.3 is 15.4 Å². The molecule has 0 radical (unpaired) electrons. The summed E-state index contributed by atoms with van der Waals surface area (Å²) >= 11 is 0. The van der Waals surface area contributed by atoms with Crippen LogP contribution >= 0.6 is 0 Å². The summed E-state index contributed by atoms with van der Waals surface area (Å²) in [6.45, 7) is 3.91. The van der Waals surface area contributed by atoms with Crippen molar-refractivity contribution in [2.45, 2.75) is 58.1 Å². The average molecular weight is 250 g/mol. The van der Waals surface area contributed by atoms with E-state index >= 15 is 0 Å². The van der Waals surface area contributed by atoms with Crippen LogP contribution in [0, 0.1) is 11.3 Å². The number of hydrogen-bond donors (Lipinski definition) is 2. The fraction of sp³-hybridized carbons (Fsp3) is 0.692. The predicted octanol–water partition coefficient (Wildman–Crippen LogP) is 2.23. The molecule has 0 aromatic carbocycles. The van der Waals surface area contributed by atoms with Gasteiger partial charge >= 0.3 is 0 Å². The van der Waals surface area contributed by atoms with Crippen molar-refractivity contribution >= 4 is 5.82 Å². The molecule has 0 amide bonds. The molecule has 18 heavy (non-hydrogen) atoms. The van der Waals surface area contributed by atoms with Crippen LogP contribution in [0.4, 0.5) is 5.82 Å². The Balaban J connectivity index is 2.72. The fourth-order valence-corrected chi connectivity index (χ4v) is 2.11. The number of rotatable bonds is 7. The summed E-state index contributed by atoms with van der Waals surface area (Å²) < 4.78 is 1.72. The number of nitrogen functional groups attached to an aromatic ring is 1. The third-order valence-corrected chi connectivity index (χ3v) is 3.21. The second-order valence-corrected chi connectivity index (χ2v) is 4.65. The lowest BCUT2D eigenvalue weighted by atomic mass is 10.0. The van der Waals surface area contributed by atoms with Crippen LogP contribution < -0.4 is 5.73 Å². The van der Waals surface area contributed by atoms with E-state index in [0.29, 0.717) is 5.82 Å². The molecule has 5 nitrogen and oxygen atoms in total. The van der Waals surface area contributed by atoms with Crippen LogP contribution in [0.5, 0.6) is 0 Å². The Morgan fingerprint density at radius 1 is 1.50 bits per heavy atom. The second-order valence-electron chi connectivity index (χ2n) is 4.65. The van der Waals surface area contributed by atoms with Gasteiger partial charge in [0, 0.05) is 0 Å². The molecule has 0 aliphatic heterocycles. The Labute approximate surface area is 108 Å². The number of nitriles is 1. The van der Waals surface area contributed by atoms with Gasteiger partial charge in [-0.05, 0) is 13.3 Å². The van der Waals surface area contributed by atoms with Crippen molar-refractivity contribution < 1.29 is 5.11 Å². The third kappa shape index (κ3) is 3.47. The van der Waals surface area contributed by atoms with Crippen LogP contribution in [0.2, 0.25) is 0 Å². The number of hydrogen-bond acceptors (Lipinski definition) is 4. The van der Waals surface area contributed by atoms with E-state index < -0.39 is 6.10 Å². The third-order valence-electron chi connectivity index (χ3n) is 3.21. The van der Waals surface area contributed by atoms with E-state index in [2.05, 4.69) is 11.9 Å². The normalized spacial score (nSPS) is 14.1. The quantitative estimate of drug-likeness (QED) is 0.726. The van der Waals surface area contributed by atoms with Crippen LogP contribution in [-0.2, 0) is 0 Å². The van der Waals surface area contributed by atoms with Gasteiger partial charge in [0.05, 0.1) is 18.5 Å². The van der Waals surface area contributed by atoms with E-state index in [1.54, 1.807) is 17.8 Å². The maximum atomic E-state index is 9.84. The highest BCUT2D eigenvalue weighted by Gasteiger charge is 2.20. The van der Waals surface area contributed by atoms with Gasteiger partial charge in [0.2, 0.25) is 0 Å². The lowest BCUT2D eigenvalue weighted by Crippen LogP contribution is -2.22. The SMILES string of the molecule is CCCCCCC(C(C)O)n1cnc(C#N)c1N. The molecule has 0 fully saturated rings. The maximum Gasteiger partial charge on any atom is 0.182 e. The largest absolute Gasteiger partial charge is 0.391 e. The number of anilines is 1. The van der Waals surface area contributed by atoms with E-state index in [4.69, 9.17) is 11.0 Å².